The first-order chi connectivity index (χ1) is 14.5. The second kappa shape index (κ2) is 8.72. The second-order valence-corrected chi connectivity index (χ2v) is 8.14. The molecule has 0 amide bonds. The maximum atomic E-state index is 13.3. The van der Waals surface area contributed by atoms with Crippen LogP contribution in [0.15, 0.2) is 72.8 Å². The van der Waals surface area contributed by atoms with Crippen LogP contribution in [0.4, 0.5) is 0 Å². The lowest BCUT2D eigenvalue weighted by Crippen LogP contribution is -2.44. The normalized spacial score (nSPS) is 22.1. The zero-order valence-electron chi connectivity index (χ0n) is 17.2. The second-order valence-electron chi connectivity index (χ2n) is 8.14. The first-order valence-electron chi connectivity index (χ1n) is 10.4. The number of hydrogen-bond acceptors (Lipinski definition) is 5. The van der Waals surface area contributed by atoms with Gasteiger partial charge in [0.15, 0.2) is 5.60 Å². The van der Waals surface area contributed by atoms with E-state index in [9.17, 15) is 9.90 Å². The van der Waals surface area contributed by atoms with Gasteiger partial charge in [-0.05, 0) is 25.7 Å². The molecule has 0 aliphatic carbocycles. The van der Waals surface area contributed by atoms with Gasteiger partial charge < -0.3 is 19.3 Å². The highest BCUT2D eigenvalue weighted by Crippen LogP contribution is 2.39. The molecule has 3 unspecified atom stereocenters. The van der Waals surface area contributed by atoms with Crippen LogP contribution in [0.5, 0.6) is 0 Å². The number of ether oxygens (including phenoxy) is 3. The molecular formula is C25H28O5. The maximum Gasteiger partial charge on any atom is 0.335 e. The van der Waals surface area contributed by atoms with E-state index in [0.29, 0.717) is 16.7 Å². The highest BCUT2D eigenvalue weighted by molar-refractivity contribution is 5.89. The number of rotatable bonds is 10. The molecule has 2 heterocycles. The van der Waals surface area contributed by atoms with E-state index >= 15 is 0 Å². The van der Waals surface area contributed by atoms with Crippen LogP contribution in [0.25, 0.3) is 0 Å². The number of carbonyl (C=O) groups is 1. The topological polar surface area (TPSA) is 71.6 Å². The quantitative estimate of drug-likeness (QED) is 0.369. The van der Waals surface area contributed by atoms with Gasteiger partial charge >= 0.3 is 5.97 Å². The molecule has 1 N–H and O–H groups in total. The first kappa shape index (κ1) is 20.8. The summed E-state index contributed by atoms with van der Waals surface area (Å²) in [6, 6.07) is 18.7. The molecule has 158 valence electrons. The van der Waals surface area contributed by atoms with E-state index in [1.54, 1.807) is 6.92 Å². The lowest BCUT2D eigenvalue weighted by atomic mass is 9.81. The Kier molecular flexibility index (Phi) is 6.04. The van der Waals surface area contributed by atoms with Crippen LogP contribution in [0, 0.1) is 5.92 Å². The smallest absolute Gasteiger partial charge is 0.335 e. The molecular weight excluding hydrogens is 380 g/mol. The van der Waals surface area contributed by atoms with Crippen molar-refractivity contribution in [1.82, 2.24) is 0 Å². The van der Waals surface area contributed by atoms with Crippen molar-refractivity contribution in [3.8, 4) is 0 Å². The van der Waals surface area contributed by atoms with Gasteiger partial charge in [0.05, 0.1) is 31.5 Å². The minimum Gasteiger partial charge on any atom is -0.443 e. The van der Waals surface area contributed by atoms with Crippen LogP contribution in [-0.2, 0) is 24.6 Å². The van der Waals surface area contributed by atoms with Crippen LogP contribution >= 0.6 is 0 Å². The summed E-state index contributed by atoms with van der Waals surface area (Å²) in [5, 5.41) is 10.9. The number of epoxide rings is 2. The maximum absolute atomic E-state index is 13.3. The molecule has 3 atom stereocenters. The first-order valence-corrected chi connectivity index (χ1v) is 10.4. The molecule has 0 radical (unpaired) electrons. The van der Waals surface area contributed by atoms with Gasteiger partial charge in [-0.2, -0.15) is 0 Å². The molecule has 5 heteroatoms. The number of aliphatic hydroxyl groups excluding tert-OH is 1. The third kappa shape index (κ3) is 4.48. The Morgan fingerprint density at radius 2 is 1.47 bits per heavy atom. The van der Waals surface area contributed by atoms with E-state index in [4.69, 9.17) is 14.2 Å². The summed E-state index contributed by atoms with van der Waals surface area (Å²) in [6.45, 7) is 7.16. The number of aliphatic hydroxyl groups is 1. The molecule has 0 aromatic heterocycles. The zero-order chi connectivity index (χ0) is 21.1. The lowest BCUT2D eigenvalue weighted by molar-refractivity contribution is -0.163. The van der Waals surface area contributed by atoms with Crippen LogP contribution < -0.4 is 0 Å². The van der Waals surface area contributed by atoms with Gasteiger partial charge in [-0.15, -0.1) is 0 Å². The van der Waals surface area contributed by atoms with Gasteiger partial charge in [0.25, 0.3) is 0 Å². The van der Waals surface area contributed by atoms with Gasteiger partial charge in [-0.3, -0.25) is 0 Å². The fourth-order valence-electron chi connectivity index (χ4n) is 4.03. The Bertz CT molecular complexity index is 815. The fraction of sp³-hybridized carbons (Fsp3) is 0.400. The van der Waals surface area contributed by atoms with E-state index < -0.39 is 17.7 Å². The molecule has 2 saturated heterocycles. The molecule has 0 bridgehead atoms. The van der Waals surface area contributed by atoms with Gasteiger partial charge in [0.2, 0.25) is 0 Å². The molecule has 2 aromatic carbocycles. The average molecular weight is 408 g/mol. The molecule has 2 aromatic rings. The van der Waals surface area contributed by atoms with Crippen molar-refractivity contribution in [1.29, 1.82) is 0 Å². The van der Waals surface area contributed by atoms with Crippen molar-refractivity contribution < 1.29 is 24.1 Å². The summed E-state index contributed by atoms with van der Waals surface area (Å²) >= 11 is 0. The van der Waals surface area contributed by atoms with Gasteiger partial charge in [-0.1, -0.05) is 67.2 Å². The van der Waals surface area contributed by atoms with Crippen molar-refractivity contribution in [2.24, 2.45) is 5.92 Å². The Morgan fingerprint density at radius 1 is 1.03 bits per heavy atom. The Morgan fingerprint density at radius 3 is 1.83 bits per heavy atom. The zero-order valence-corrected chi connectivity index (χ0v) is 17.2. The molecule has 2 aliphatic rings. The molecule has 2 fully saturated rings. The third-order valence-corrected chi connectivity index (χ3v) is 5.90. The molecule has 4 rings (SSSR count). The van der Waals surface area contributed by atoms with Crippen molar-refractivity contribution in [2.75, 3.05) is 13.2 Å². The fourth-order valence-corrected chi connectivity index (χ4v) is 4.03. The van der Waals surface area contributed by atoms with Crippen molar-refractivity contribution in [3.63, 3.8) is 0 Å². The molecule has 0 saturated carbocycles. The van der Waals surface area contributed by atoms with Gasteiger partial charge in [0, 0.05) is 16.7 Å². The highest BCUT2D eigenvalue weighted by atomic mass is 16.6. The minimum atomic E-state index is -1.33. The highest BCUT2D eigenvalue weighted by Gasteiger charge is 2.45. The summed E-state index contributed by atoms with van der Waals surface area (Å²) < 4.78 is 16.9. The SMILES string of the molecule is C=C(C(=O)OC(c1ccccc1)(c1ccccc1)C(C)O)C(CC1CO1)CC1CO1. The van der Waals surface area contributed by atoms with E-state index in [1.165, 1.54) is 0 Å². The number of esters is 1. The number of benzene rings is 2. The van der Waals surface area contributed by atoms with Crippen LogP contribution in [0.3, 0.4) is 0 Å². The predicted octanol–water partition coefficient (Wildman–Crippen LogP) is 3.60. The summed E-state index contributed by atoms with van der Waals surface area (Å²) in [5.41, 5.74) is 0.483. The largest absolute Gasteiger partial charge is 0.443 e. The van der Waals surface area contributed by atoms with E-state index in [0.717, 1.165) is 26.1 Å². The summed E-state index contributed by atoms with van der Waals surface area (Å²) in [6.07, 6.45) is 0.820. The van der Waals surface area contributed by atoms with Gasteiger partial charge in [-0.25, -0.2) is 4.79 Å². The van der Waals surface area contributed by atoms with E-state index in [2.05, 4.69) is 6.58 Å². The Hall–Kier alpha value is -2.47. The van der Waals surface area contributed by atoms with E-state index in [-0.39, 0.29) is 18.1 Å². The number of hydrogen-bond donors (Lipinski definition) is 1. The summed E-state index contributed by atoms with van der Waals surface area (Å²) in [5.74, 6) is -0.578. The minimum absolute atomic E-state index is 0.0734. The Labute approximate surface area is 177 Å². The van der Waals surface area contributed by atoms with Crippen LogP contribution in [0.2, 0.25) is 0 Å². The molecule has 5 nitrogen and oxygen atoms in total. The van der Waals surface area contributed by atoms with Crippen molar-refractivity contribution in [2.45, 2.75) is 43.7 Å². The van der Waals surface area contributed by atoms with Gasteiger partial charge in [0.1, 0.15) is 0 Å². The molecule has 0 spiro atoms. The molecule has 2 aliphatic heterocycles. The predicted molar refractivity (Wildman–Crippen MR) is 113 cm³/mol. The number of carbonyl (C=O) groups excluding carboxylic acids is 1. The average Bonchev–Trinajstić information content (AvgIpc) is 3.69. The Balaban J connectivity index is 1.65. The third-order valence-electron chi connectivity index (χ3n) is 5.90. The van der Waals surface area contributed by atoms with Crippen LogP contribution in [-0.4, -0.2) is 42.6 Å². The lowest BCUT2D eigenvalue weighted by Gasteiger charge is -2.37. The summed E-state index contributed by atoms with van der Waals surface area (Å²) in [7, 11) is 0. The summed E-state index contributed by atoms with van der Waals surface area (Å²) in [4.78, 5) is 13.3. The monoisotopic (exact) mass is 408 g/mol. The van der Waals surface area contributed by atoms with Crippen molar-refractivity contribution >= 4 is 5.97 Å². The van der Waals surface area contributed by atoms with E-state index in [1.807, 2.05) is 60.7 Å². The standard InChI is InChI=1S/C25H28O5/c1-17(19(13-22-15-28-22)14-23-16-29-23)24(27)30-25(18(2)26,20-9-5-3-6-10-20)21-11-7-4-8-12-21/h3-12,18-19,22-23,26H,1,13-16H2,2H3. The van der Waals surface area contributed by atoms with Crippen molar-refractivity contribution in [3.05, 3.63) is 83.9 Å². The molecule has 30 heavy (non-hydrogen) atoms. The van der Waals surface area contributed by atoms with Crippen LogP contribution in [0.1, 0.15) is 30.9 Å².